The van der Waals surface area contributed by atoms with Crippen LogP contribution in [0.2, 0.25) is 0 Å². The second kappa shape index (κ2) is 4.24. The first-order valence-corrected chi connectivity index (χ1v) is 5.81. The third-order valence-electron chi connectivity index (χ3n) is 3.14. The van der Waals surface area contributed by atoms with Gasteiger partial charge in [0.25, 0.3) is 0 Å². The highest BCUT2D eigenvalue weighted by molar-refractivity contribution is 6.02. The molecule has 0 radical (unpaired) electrons. The number of aromatic nitrogens is 4. The molecule has 2 heterocycles. The van der Waals surface area contributed by atoms with Crippen molar-refractivity contribution in [2.24, 2.45) is 7.05 Å². The molecule has 6 nitrogen and oxygen atoms in total. The van der Waals surface area contributed by atoms with Gasteiger partial charge in [-0.25, -0.2) is 4.79 Å². The summed E-state index contributed by atoms with van der Waals surface area (Å²) in [5.41, 5.74) is 1.00. The van der Waals surface area contributed by atoms with Gasteiger partial charge in [-0.05, 0) is 12.1 Å². The molecule has 0 atom stereocenters. The van der Waals surface area contributed by atoms with Crippen LogP contribution in [-0.2, 0) is 13.6 Å². The molecule has 0 bridgehead atoms. The van der Waals surface area contributed by atoms with Gasteiger partial charge in [-0.15, -0.1) is 10.2 Å². The number of hydrogen-bond donors (Lipinski definition) is 1. The molecule has 3 aromatic rings. The number of aromatic carboxylic acids is 1. The zero-order chi connectivity index (χ0) is 13.4. The lowest BCUT2D eigenvalue weighted by atomic mass is 10.1. The first-order chi connectivity index (χ1) is 9.16. The molecular formula is C13H12N4O2. The summed E-state index contributed by atoms with van der Waals surface area (Å²) in [6.07, 6.45) is 3.49. The third-order valence-corrected chi connectivity index (χ3v) is 3.14. The number of fused-ring (bicyclic) bond motifs is 1. The van der Waals surface area contributed by atoms with Crippen LogP contribution >= 0.6 is 0 Å². The summed E-state index contributed by atoms with van der Waals surface area (Å²) in [6.45, 7) is 0.490. The number of hydrogen-bond acceptors (Lipinski definition) is 3. The van der Waals surface area contributed by atoms with Crippen LogP contribution in [0.25, 0.3) is 10.9 Å². The maximum atomic E-state index is 11.3. The van der Waals surface area contributed by atoms with Gasteiger partial charge in [0.1, 0.15) is 6.33 Å². The molecule has 19 heavy (non-hydrogen) atoms. The van der Waals surface area contributed by atoms with Crippen LogP contribution < -0.4 is 0 Å². The summed E-state index contributed by atoms with van der Waals surface area (Å²) < 4.78 is 3.69. The zero-order valence-corrected chi connectivity index (χ0v) is 10.3. The van der Waals surface area contributed by atoms with Crippen molar-refractivity contribution in [2.45, 2.75) is 6.54 Å². The minimum absolute atomic E-state index is 0.296. The molecule has 1 N–H and O–H groups in total. The Hall–Kier alpha value is -2.63. The van der Waals surface area contributed by atoms with Crippen LogP contribution in [0.1, 0.15) is 16.2 Å². The van der Waals surface area contributed by atoms with Crippen molar-refractivity contribution >= 4 is 16.9 Å². The van der Waals surface area contributed by atoms with E-state index in [4.69, 9.17) is 0 Å². The molecule has 1 aromatic carbocycles. The zero-order valence-electron chi connectivity index (χ0n) is 10.3. The summed E-state index contributed by atoms with van der Waals surface area (Å²) in [5, 5.41) is 18.0. The van der Waals surface area contributed by atoms with Crippen molar-refractivity contribution < 1.29 is 9.90 Å². The number of carbonyl (C=O) groups is 1. The molecule has 6 heteroatoms. The van der Waals surface area contributed by atoms with Gasteiger partial charge in [0.15, 0.2) is 5.82 Å². The number of carboxylic acid groups (broad SMARTS) is 1. The highest BCUT2D eigenvalue weighted by Gasteiger charge is 2.13. The first kappa shape index (κ1) is 11.5. The largest absolute Gasteiger partial charge is 0.478 e. The Labute approximate surface area is 108 Å². The fourth-order valence-electron chi connectivity index (χ4n) is 2.17. The Morgan fingerprint density at radius 3 is 2.89 bits per heavy atom. The van der Waals surface area contributed by atoms with Crippen LogP contribution in [0.5, 0.6) is 0 Å². The summed E-state index contributed by atoms with van der Waals surface area (Å²) in [4.78, 5) is 11.3. The quantitative estimate of drug-likeness (QED) is 0.771. The number of nitrogens with zero attached hydrogens (tertiary/aromatic N) is 4. The van der Waals surface area contributed by atoms with E-state index < -0.39 is 5.97 Å². The monoisotopic (exact) mass is 256 g/mol. The highest BCUT2D eigenvalue weighted by Crippen LogP contribution is 2.21. The Morgan fingerprint density at radius 2 is 2.21 bits per heavy atom. The van der Waals surface area contributed by atoms with Gasteiger partial charge in [-0.3, -0.25) is 0 Å². The average Bonchev–Trinajstić information content (AvgIpc) is 2.97. The molecule has 0 saturated carbocycles. The van der Waals surface area contributed by atoms with Gasteiger partial charge < -0.3 is 14.2 Å². The highest BCUT2D eigenvalue weighted by atomic mass is 16.4. The maximum absolute atomic E-state index is 11.3. The number of rotatable bonds is 3. The normalized spacial score (nSPS) is 11.0. The van der Waals surface area contributed by atoms with Gasteiger partial charge in [-0.2, -0.15) is 0 Å². The van der Waals surface area contributed by atoms with Crippen molar-refractivity contribution in [1.82, 2.24) is 19.3 Å². The van der Waals surface area contributed by atoms with Gasteiger partial charge in [0.2, 0.25) is 0 Å². The van der Waals surface area contributed by atoms with E-state index in [9.17, 15) is 9.90 Å². The standard InChI is InChI=1S/C13H12N4O2/c1-16-8-14-15-11(16)7-17-6-5-9-3-2-4-10(12(9)17)13(18)19/h2-6,8H,7H2,1H3,(H,18,19). The van der Waals surface area contributed by atoms with Crippen LogP contribution in [0.3, 0.4) is 0 Å². The van der Waals surface area contributed by atoms with Crippen LogP contribution in [0, 0.1) is 0 Å². The maximum Gasteiger partial charge on any atom is 0.337 e. The van der Waals surface area contributed by atoms with E-state index in [0.29, 0.717) is 17.6 Å². The van der Waals surface area contributed by atoms with Crippen molar-refractivity contribution in [3.63, 3.8) is 0 Å². The summed E-state index contributed by atoms with van der Waals surface area (Å²) >= 11 is 0. The molecule has 0 aliphatic heterocycles. The van der Waals surface area contributed by atoms with Gasteiger partial charge in [0, 0.05) is 18.6 Å². The lowest BCUT2D eigenvalue weighted by Gasteiger charge is -2.07. The first-order valence-electron chi connectivity index (χ1n) is 5.81. The average molecular weight is 256 g/mol. The molecule has 3 rings (SSSR count). The third kappa shape index (κ3) is 1.87. The molecule has 0 amide bonds. The van der Waals surface area contributed by atoms with E-state index in [2.05, 4.69) is 10.2 Å². The predicted molar refractivity (Wildman–Crippen MR) is 69.0 cm³/mol. The molecule has 2 aromatic heterocycles. The Bertz CT molecular complexity index is 757. The van der Waals surface area contributed by atoms with E-state index in [0.717, 1.165) is 11.2 Å². The summed E-state index contributed by atoms with van der Waals surface area (Å²) in [7, 11) is 1.86. The molecule has 0 unspecified atom stereocenters. The van der Waals surface area contributed by atoms with Crippen molar-refractivity contribution in [3.8, 4) is 0 Å². The van der Waals surface area contributed by atoms with E-state index in [1.807, 2.05) is 34.5 Å². The van der Waals surface area contributed by atoms with E-state index in [1.165, 1.54) is 0 Å². The van der Waals surface area contributed by atoms with Gasteiger partial charge in [-0.1, -0.05) is 12.1 Å². The van der Waals surface area contributed by atoms with E-state index in [-0.39, 0.29) is 0 Å². The topological polar surface area (TPSA) is 72.9 Å². The van der Waals surface area contributed by atoms with Crippen LogP contribution in [0.15, 0.2) is 36.8 Å². The molecule has 0 aliphatic carbocycles. The predicted octanol–water partition coefficient (Wildman–Crippen LogP) is 1.52. The van der Waals surface area contributed by atoms with Crippen molar-refractivity contribution in [1.29, 1.82) is 0 Å². The van der Waals surface area contributed by atoms with Crippen molar-refractivity contribution in [2.75, 3.05) is 0 Å². The lowest BCUT2D eigenvalue weighted by Crippen LogP contribution is -2.07. The number of benzene rings is 1. The second-order valence-electron chi connectivity index (χ2n) is 4.35. The summed E-state index contributed by atoms with van der Waals surface area (Å²) in [5.74, 6) is -0.152. The molecular weight excluding hydrogens is 244 g/mol. The SMILES string of the molecule is Cn1cnnc1Cn1ccc2cccc(C(=O)O)c21. The number of aryl methyl sites for hydroxylation is 1. The molecule has 0 spiro atoms. The molecule has 0 saturated heterocycles. The molecule has 0 fully saturated rings. The lowest BCUT2D eigenvalue weighted by molar-refractivity contribution is 0.0698. The van der Waals surface area contributed by atoms with Gasteiger partial charge >= 0.3 is 5.97 Å². The molecule has 0 aliphatic rings. The molecule has 96 valence electrons. The Morgan fingerprint density at radius 1 is 1.37 bits per heavy atom. The summed E-state index contributed by atoms with van der Waals surface area (Å²) in [6, 6.07) is 7.16. The van der Waals surface area contributed by atoms with Crippen LogP contribution in [-0.4, -0.2) is 30.4 Å². The van der Waals surface area contributed by atoms with Crippen molar-refractivity contribution in [3.05, 3.63) is 48.2 Å². The minimum Gasteiger partial charge on any atom is -0.478 e. The van der Waals surface area contributed by atoms with Gasteiger partial charge in [0.05, 0.1) is 17.6 Å². The fourth-order valence-corrected chi connectivity index (χ4v) is 2.17. The number of carboxylic acids is 1. The van der Waals surface area contributed by atoms with E-state index in [1.54, 1.807) is 18.5 Å². The minimum atomic E-state index is -0.927. The smallest absolute Gasteiger partial charge is 0.337 e. The number of para-hydroxylation sites is 1. The van der Waals surface area contributed by atoms with Crippen LogP contribution in [0.4, 0.5) is 0 Å². The Kier molecular flexibility index (Phi) is 2.56. The van der Waals surface area contributed by atoms with E-state index >= 15 is 0 Å². The Balaban J connectivity index is 2.14. The second-order valence-corrected chi connectivity index (χ2v) is 4.35. The fraction of sp³-hybridized carbons (Fsp3) is 0.154.